The Bertz CT molecular complexity index is 366. The lowest BCUT2D eigenvalue weighted by Gasteiger charge is -2.27. The molecule has 0 aliphatic heterocycles. The second kappa shape index (κ2) is 6.07. The van der Waals surface area contributed by atoms with Crippen molar-refractivity contribution < 1.29 is 8.78 Å². The zero-order valence-electron chi connectivity index (χ0n) is 10.6. The maximum atomic E-state index is 13.2. The minimum atomic E-state index is -0.807. The second-order valence-electron chi connectivity index (χ2n) is 4.73. The van der Waals surface area contributed by atoms with Crippen LogP contribution in [0.3, 0.4) is 0 Å². The first-order valence-electron chi connectivity index (χ1n) is 5.77. The third kappa shape index (κ3) is 3.75. The molecule has 2 nitrogen and oxygen atoms in total. The van der Waals surface area contributed by atoms with Gasteiger partial charge in [-0.3, -0.25) is 0 Å². The highest BCUT2D eigenvalue weighted by atomic mass is 19.2. The lowest BCUT2D eigenvalue weighted by atomic mass is 9.95. The third-order valence-electron chi connectivity index (χ3n) is 2.98. The molecule has 0 saturated heterocycles. The number of benzene rings is 1. The second-order valence-corrected chi connectivity index (χ2v) is 4.73. The van der Waals surface area contributed by atoms with E-state index in [0.29, 0.717) is 12.5 Å². The van der Waals surface area contributed by atoms with Gasteiger partial charge >= 0.3 is 0 Å². The van der Waals surface area contributed by atoms with Gasteiger partial charge in [-0.15, -0.1) is 0 Å². The molecule has 0 aromatic heterocycles. The standard InChI is InChI=1S/C13H20F2N2/c1-9(8-16)6-13(17(2)3)10-4-5-11(14)12(15)7-10/h4-5,7,9,13H,6,8,16H2,1-3H3. The van der Waals surface area contributed by atoms with Gasteiger partial charge < -0.3 is 10.6 Å². The van der Waals surface area contributed by atoms with Crippen molar-refractivity contribution in [1.29, 1.82) is 0 Å². The average Bonchev–Trinajstić information content (AvgIpc) is 2.29. The van der Waals surface area contributed by atoms with Crippen LogP contribution < -0.4 is 5.73 Å². The number of nitrogens with zero attached hydrogens (tertiary/aromatic N) is 1. The van der Waals surface area contributed by atoms with Crippen molar-refractivity contribution in [3.8, 4) is 0 Å². The van der Waals surface area contributed by atoms with Crippen LogP contribution in [0.25, 0.3) is 0 Å². The van der Waals surface area contributed by atoms with E-state index < -0.39 is 11.6 Å². The SMILES string of the molecule is CC(CN)CC(c1ccc(F)c(F)c1)N(C)C. The molecule has 2 atom stereocenters. The largest absolute Gasteiger partial charge is 0.330 e. The molecule has 0 amide bonds. The van der Waals surface area contributed by atoms with E-state index in [4.69, 9.17) is 5.73 Å². The van der Waals surface area contributed by atoms with Gasteiger partial charge in [0.1, 0.15) is 0 Å². The number of rotatable bonds is 5. The summed E-state index contributed by atoms with van der Waals surface area (Å²) in [6, 6.07) is 4.13. The number of hydrogen-bond acceptors (Lipinski definition) is 2. The highest BCUT2D eigenvalue weighted by Crippen LogP contribution is 2.26. The molecule has 0 heterocycles. The van der Waals surface area contributed by atoms with Crippen LogP contribution in [0.4, 0.5) is 8.78 Å². The minimum absolute atomic E-state index is 0.0589. The molecule has 1 aromatic rings. The predicted molar refractivity (Wildman–Crippen MR) is 65.6 cm³/mol. The maximum absolute atomic E-state index is 13.2. The molecular formula is C13H20F2N2. The van der Waals surface area contributed by atoms with E-state index in [0.717, 1.165) is 12.0 Å². The molecule has 0 spiro atoms. The summed E-state index contributed by atoms with van der Waals surface area (Å²) >= 11 is 0. The highest BCUT2D eigenvalue weighted by molar-refractivity contribution is 5.21. The van der Waals surface area contributed by atoms with Crippen LogP contribution in [-0.4, -0.2) is 25.5 Å². The molecule has 1 aromatic carbocycles. The van der Waals surface area contributed by atoms with Crippen molar-refractivity contribution >= 4 is 0 Å². The molecular weight excluding hydrogens is 222 g/mol. The van der Waals surface area contributed by atoms with Crippen LogP contribution in [0.15, 0.2) is 18.2 Å². The summed E-state index contributed by atoms with van der Waals surface area (Å²) in [6.07, 6.45) is 0.828. The first-order chi connectivity index (χ1) is 7.95. The summed E-state index contributed by atoms with van der Waals surface area (Å²) < 4.78 is 26.1. The lowest BCUT2D eigenvalue weighted by molar-refractivity contribution is 0.254. The molecule has 0 aliphatic rings. The van der Waals surface area contributed by atoms with Crippen molar-refractivity contribution in [2.45, 2.75) is 19.4 Å². The molecule has 0 radical (unpaired) electrons. The van der Waals surface area contributed by atoms with E-state index >= 15 is 0 Å². The van der Waals surface area contributed by atoms with Crippen LogP contribution in [0.5, 0.6) is 0 Å². The predicted octanol–water partition coefficient (Wildman–Crippen LogP) is 2.55. The van der Waals surface area contributed by atoms with E-state index in [1.807, 2.05) is 19.0 Å². The molecule has 0 bridgehead atoms. The third-order valence-corrected chi connectivity index (χ3v) is 2.98. The first-order valence-corrected chi connectivity index (χ1v) is 5.77. The number of halogens is 2. The van der Waals surface area contributed by atoms with Crippen molar-refractivity contribution in [1.82, 2.24) is 4.90 Å². The zero-order valence-corrected chi connectivity index (χ0v) is 10.6. The van der Waals surface area contributed by atoms with Crippen molar-refractivity contribution in [2.75, 3.05) is 20.6 Å². The quantitative estimate of drug-likeness (QED) is 0.859. The van der Waals surface area contributed by atoms with Crippen LogP contribution in [-0.2, 0) is 0 Å². The van der Waals surface area contributed by atoms with Gasteiger partial charge in [0.15, 0.2) is 11.6 Å². The monoisotopic (exact) mass is 242 g/mol. The minimum Gasteiger partial charge on any atom is -0.330 e. The summed E-state index contributed by atoms with van der Waals surface area (Å²) in [5, 5.41) is 0. The fourth-order valence-corrected chi connectivity index (χ4v) is 1.84. The Labute approximate surface area is 101 Å². The summed E-state index contributed by atoms with van der Waals surface area (Å²) in [5.74, 6) is -1.26. The molecule has 0 fully saturated rings. The fourth-order valence-electron chi connectivity index (χ4n) is 1.84. The van der Waals surface area contributed by atoms with Crippen molar-refractivity contribution in [2.24, 2.45) is 11.7 Å². The Morgan fingerprint density at radius 2 is 1.88 bits per heavy atom. The molecule has 1 rings (SSSR count). The van der Waals surface area contributed by atoms with E-state index in [2.05, 4.69) is 6.92 Å². The van der Waals surface area contributed by atoms with Gasteiger partial charge in [0.05, 0.1) is 0 Å². The maximum Gasteiger partial charge on any atom is 0.159 e. The first kappa shape index (κ1) is 14.1. The number of nitrogens with two attached hydrogens (primary N) is 1. The van der Waals surface area contributed by atoms with E-state index in [9.17, 15) is 8.78 Å². The molecule has 0 saturated carbocycles. The van der Waals surface area contributed by atoms with Crippen LogP contribution in [0.1, 0.15) is 24.9 Å². The summed E-state index contributed by atoms with van der Waals surface area (Å²) in [7, 11) is 3.85. The summed E-state index contributed by atoms with van der Waals surface area (Å²) in [4.78, 5) is 2.00. The van der Waals surface area contributed by atoms with Gasteiger partial charge in [0.25, 0.3) is 0 Å². The summed E-state index contributed by atoms with van der Waals surface area (Å²) in [5.41, 5.74) is 6.39. The molecule has 4 heteroatoms. The Morgan fingerprint density at radius 3 is 2.35 bits per heavy atom. The van der Waals surface area contributed by atoms with Gasteiger partial charge in [-0.05, 0) is 50.7 Å². The van der Waals surface area contributed by atoms with E-state index in [1.54, 1.807) is 6.07 Å². The topological polar surface area (TPSA) is 29.3 Å². The Kier molecular flexibility index (Phi) is 5.02. The van der Waals surface area contributed by atoms with Gasteiger partial charge in [-0.1, -0.05) is 13.0 Å². The normalized spacial score (nSPS) is 15.0. The van der Waals surface area contributed by atoms with E-state index in [1.165, 1.54) is 12.1 Å². The lowest BCUT2D eigenvalue weighted by Crippen LogP contribution is -2.24. The molecule has 0 aliphatic carbocycles. The van der Waals surface area contributed by atoms with Gasteiger partial charge in [0.2, 0.25) is 0 Å². The molecule has 17 heavy (non-hydrogen) atoms. The Morgan fingerprint density at radius 1 is 1.24 bits per heavy atom. The Hall–Kier alpha value is -1.00. The van der Waals surface area contributed by atoms with Gasteiger partial charge in [-0.2, -0.15) is 0 Å². The smallest absolute Gasteiger partial charge is 0.159 e. The molecule has 2 N–H and O–H groups in total. The fraction of sp³-hybridized carbons (Fsp3) is 0.538. The van der Waals surface area contributed by atoms with Crippen molar-refractivity contribution in [3.63, 3.8) is 0 Å². The van der Waals surface area contributed by atoms with E-state index in [-0.39, 0.29) is 6.04 Å². The Balaban J connectivity index is 2.93. The number of hydrogen-bond donors (Lipinski definition) is 1. The average molecular weight is 242 g/mol. The van der Waals surface area contributed by atoms with Crippen LogP contribution in [0.2, 0.25) is 0 Å². The zero-order chi connectivity index (χ0) is 13.0. The van der Waals surface area contributed by atoms with Crippen LogP contribution in [0, 0.1) is 17.6 Å². The molecule has 2 unspecified atom stereocenters. The van der Waals surface area contributed by atoms with Gasteiger partial charge in [-0.25, -0.2) is 8.78 Å². The van der Waals surface area contributed by atoms with Crippen molar-refractivity contribution in [3.05, 3.63) is 35.4 Å². The highest BCUT2D eigenvalue weighted by Gasteiger charge is 2.18. The van der Waals surface area contributed by atoms with Gasteiger partial charge in [0, 0.05) is 6.04 Å². The summed E-state index contributed by atoms with van der Waals surface area (Å²) in [6.45, 7) is 2.64. The van der Waals surface area contributed by atoms with Crippen LogP contribution >= 0.6 is 0 Å². The molecule has 96 valence electrons.